The van der Waals surface area contributed by atoms with Gasteiger partial charge in [0, 0.05) is 5.56 Å². The molecule has 0 spiro atoms. The van der Waals surface area contributed by atoms with Gasteiger partial charge in [-0.15, -0.1) is 0 Å². The molecule has 0 amide bonds. The third-order valence-corrected chi connectivity index (χ3v) is 3.20. The van der Waals surface area contributed by atoms with Crippen LogP contribution in [0.25, 0.3) is 0 Å². The Labute approximate surface area is 133 Å². The van der Waals surface area contributed by atoms with E-state index in [1.54, 1.807) is 0 Å². The highest BCUT2D eigenvalue weighted by molar-refractivity contribution is 5.97. The summed E-state index contributed by atoms with van der Waals surface area (Å²) in [7, 11) is 0. The maximum absolute atomic E-state index is 5.92. The lowest BCUT2D eigenvalue weighted by atomic mass is 10.1. The lowest BCUT2D eigenvalue weighted by molar-refractivity contribution is 0.0722. The summed E-state index contributed by atoms with van der Waals surface area (Å²) in [4.78, 5) is 5.48. The molecule has 2 aromatic carbocycles. The Hall–Kier alpha value is -2.29. The lowest BCUT2D eigenvalue weighted by Crippen LogP contribution is -2.14. The number of benzene rings is 2. The molecule has 0 aromatic heterocycles. The maximum atomic E-state index is 5.92. The van der Waals surface area contributed by atoms with E-state index in [2.05, 4.69) is 24.2 Å². The normalized spacial score (nSPS) is 12.1. The van der Waals surface area contributed by atoms with Crippen LogP contribution in [0.4, 0.5) is 0 Å². The minimum atomic E-state index is -0.125. The van der Waals surface area contributed by atoms with Gasteiger partial charge in [-0.2, -0.15) is 0 Å². The molecule has 0 aliphatic rings. The molecule has 3 nitrogen and oxygen atoms in total. The average molecular weight is 298 g/mol. The maximum Gasteiger partial charge on any atom is 0.170 e. The zero-order chi connectivity index (χ0) is 16.5. The summed E-state index contributed by atoms with van der Waals surface area (Å²) in [6, 6.07) is 16.1. The second-order valence-corrected chi connectivity index (χ2v) is 5.00. The summed E-state index contributed by atoms with van der Waals surface area (Å²) in [6.45, 7) is 10.0. The fraction of sp³-hybridized carbons (Fsp3) is 0.316. The molecule has 0 saturated carbocycles. The summed E-state index contributed by atoms with van der Waals surface area (Å²) in [5, 5.41) is 4.02. The molecule has 0 aliphatic carbocycles. The van der Waals surface area contributed by atoms with E-state index in [0.717, 1.165) is 11.1 Å². The number of hydrogen-bond acceptors (Lipinski definition) is 2. The topological polar surface area (TPSA) is 47.6 Å². The van der Waals surface area contributed by atoms with Gasteiger partial charge in [-0.1, -0.05) is 78.7 Å². The molecular formula is C19H26N2O. The van der Waals surface area contributed by atoms with Crippen LogP contribution in [0, 0.1) is 13.8 Å². The van der Waals surface area contributed by atoms with Gasteiger partial charge >= 0.3 is 0 Å². The molecule has 0 aliphatic heterocycles. The zero-order valence-corrected chi connectivity index (χ0v) is 14.1. The third-order valence-electron chi connectivity index (χ3n) is 3.20. The van der Waals surface area contributed by atoms with Crippen molar-refractivity contribution >= 4 is 5.84 Å². The average Bonchev–Trinajstić information content (AvgIpc) is 2.55. The van der Waals surface area contributed by atoms with Crippen LogP contribution in [0.2, 0.25) is 0 Å². The highest BCUT2D eigenvalue weighted by Gasteiger charge is 2.06. The van der Waals surface area contributed by atoms with E-state index >= 15 is 0 Å². The van der Waals surface area contributed by atoms with Crippen molar-refractivity contribution in [1.82, 2.24) is 0 Å². The Morgan fingerprint density at radius 2 is 1.36 bits per heavy atom. The second-order valence-electron chi connectivity index (χ2n) is 5.00. The number of hydrogen-bond donors (Lipinski definition) is 1. The first kappa shape index (κ1) is 17.8. The van der Waals surface area contributed by atoms with Crippen LogP contribution < -0.4 is 5.73 Å². The van der Waals surface area contributed by atoms with Crippen molar-refractivity contribution in [2.45, 2.75) is 40.7 Å². The van der Waals surface area contributed by atoms with Crippen molar-refractivity contribution in [3.63, 3.8) is 0 Å². The molecule has 2 rings (SSSR count). The van der Waals surface area contributed by atoms with Crippen LogP contribution in [0.5, 0.6) is 0 Å². The van der Waals surface area contributed by atoms with Crippen LogP contribution in [0.3, 0.4) is 0 Å². The number of amidine groups is 1. The van der Waals surface area contributed by atoms with Gasteiger partial charge in [0.2, 0.25) is 0 Å². The summed E-state index contributed by atoms with van der Waals surface area (Å²) in [5.74, 6) is 0.393. The van der Waals surface area contributed by atoms with Gasteiger partial charge in [-0.25, -0.2) is 0 Å². The Morgan fingerprint density at radius 3 is 1.86 bits per heavy atom. The van der Waals surface area contributed by atoms with Gasteiger partial charge in [0.15, 0.2) is 5.84 Å². The molecule has 0 radical (unpaired) electrons. The van der Waals surface area contributed by atoms with Crippen molar-refractivity contribution in [2.24, 2.45) is 10.9 Å². The van der Waals surface area contributed by atoms with Crippen LogP contribution in [-0.2, 0) is 4.84 Å². The van der Waals surface area contributed by atoms with Crippen molar-refractivity contribution in [3.8, 4) is 0 Å². The molecule has 118 valence electrons. The molecule has 1 atom stereocenters. The SMILES string of the molecule is CC.Cc1ccc(/C(N)=N/OC(C)c2ccc(C)cc2)cc1. The fourth-order valence-corrected chi connectivity index (χ4v) is 1.81. The van der Waals surface area contributed by atoms with Gasteiger partial charge in [0.1, 0.15) is 6.10 Å². The third kappa shape index (κ3) is 5.24. The van der Waals surface area contributed by atoms with Gasteiger partial charge in [0.25, 0.3) is 0 Å². The van der Waals surface area contributed by atoms with E-state index in [1.807, 2.05) is 64.1 Å². The molecular weight excluding hydrogens is 272 g/mol. The minimum absolute atomic E-state index is 0.125. The van der Waals surface area contributed by atoms with Crippen LogP contribution >= 0.6 is 0 Å². The van der Waals surface area contributed by atoms with E-state index in [1.165, 1.54) is 11.1 Å². The summed E-state index contributed by atoms with van der Waals surface area (Å²) >= 11 is 0. The Kier molecular flexibility index (Phi) is 7.17. The predicted molar refractivity (Wildman–Crippen MR) is 93.9 cm³/mol. The number of nitrogens with two attached hydrogens (primary N) is 1. The molecule has 22 heavy (non-hydrogen) atoms. The van der Waals surface area contributed by atoms with Crippen molar-refractivity contribution in [3.05, 3.63) is 70.8 Å². The van der Waals surface area contributed by atoms with Crippen molar-refractivity contribution < 1.29 is 4.84 Å². The molecule has 0 fully saturated rings. The van der Waals surface area contributed by atoms with E-state index < -0.39 is 0 Å². The minimum Gasteiger partial charge on any atom is -0.386 e. The van der Waals surface area contributed by atoms with Crippen LogP contribution in [-0.4, -0.2) is 5.84 Å². The Bertz CT molecular complexity index is 586. The van der Waals surface area contributed by atoms with E-state index in [4.69, 9.17) is 10.6 Å². The highest BCUT2D eigenvalue weighted by atomic mass is 16.6. The van der Waals surface area contributed by atoms with Gasteiger partial charge in [-0.3, -0.25) is 0 Å². The number of aryl methyl sites for hydroxylation is 2. The molecule has 1 unspecified atom stereocenters. The summed E-state index contributed by atoms with van der Waals surface area (Å²) in [6.07, 6.45) is -0.125. The van der Waals surface area contributed by atoms with Crippen molar-refractivity contribution in [1.29, 1.82) is 0 Å². The van der Waals surface area contributed by atoms with Gasteiger partial charge in [-0.05, 0) is 26.3 Å². The van der Waals surface area contributed by atoms with E-state index in [0.29, 0.717) is 5.84 Å². The van der Waals surface area contributed by atoms with Crippen LogP contribution in [0.1, 0.15) is 49.1 Å². The summed E-state index contributed by atoms with van der Waals surface area (Å²) < 4.78 is 0. The Balaban J connectivity index is 0.00000116. The van der Waals surface area contributed by atoms with Crippen LogP contribution in [0.15, 0.2) is 53.7 Å². The molecule has 3 heteroatoms. The number of oxime groups is 1. The first-order chi connectivity index (χ1) is 10.6. The molecule has 0 heterocycles. The second kappa shape index (κ2) is 8.88. The molecule has 0 saturated heterocycles. The lowest BCUT2D eigenvalue weighted by Gasteiger charge is -2.11. The Morgan fingerprint density at radius 1 is 0.909 bits per heavy atom. The zero-order valence-electron chi connectivity index (χ0n) is 14.1. The first-order valence-corrected chi connectivity index (χ1v) is 7.69. The summed E-state index contributed by atoms with van der Waals surface area (Å²) in [5.41, 5.74) is 10.3. The van der Waals surface area contributed by atoms with Gasteiger partial charge < -0.3 is 10.6 Å². The predicted octanol–water partition coefficient (Wildman–Crippen LogP) is 4.73. The van der Waals surface area contributed by atoms with E-state index in [9.17, 15) is 0 Å². The highest BCUT2D eigenvalue weighted by Crippen LogP contribution is 2.17. The standard InChI is InChI=1S/C17H20N2O.C2H6/c1-12-4-8-15(9-5-12)14(3)20-19-17(18)16-10-6-13(2)7-11-16;1-2/h4-11,14H,1-3H3,(H2,18,19);1-2H3. The quantitative estimate of drug-likeness (QED) is 0.504. The smallest absolute Gasteiger partial charge is 0.170 e. The number of nitrogens with zero attached hydrogens (tertiary/aromatic N) is 1. The first-order valence-electron chi connectivity index (χ1n) is 7.69. The largest absolute Gasteiger partial charge is 0.386 e. The monoisotopic (exact) mass is 298 g/mol. The van der Waals surface area contributed by atoms with Crippen molar-refractivity contribution in [2.75, 3.05) is 0 Å². The van der Waals surface area contributed by atoms with Gasteiger partial charge in [0.05, 0.1) is 0 Å². The molecule has 2 N–H and O–H groups in total. The number of rotatable bonds is 4. The molecule has 2 aromatic rings. The van der Waals surface area contributed by atoms with E-state index in [-0.39, 0.29) is 6.10 Å². The molecule has 0 bridgehead atoms. The fourth-order valence-electron chi connectivity index (χ4n) is 1.81.